The zero-order chi connectivity index (χ0) is 29.9. The Labute approximate surface area is 250 Å². The predicted molar refractivity (Wildman–Crippen MR) is 156 cm³/mol. The van der Waals surface area contributed by atoms with Gasteiger partial charge in [0, 0.05) is 35.9 Å². The standard InChI is InChI=1S/C31H26Cl2F2N4O3/c1-14-11-37-28(20-4-3-5-21(26(20)34)30(41)38-18-8-19(40)9-18)27(35)29(14)39-15(2)6-24(25(33)31(39)42)23-10-22(23)16-7-17(32)13-36-12-16/h3-7,11-13,18-19,22-23,40H,8-10H2,1-2H3,(H,38,41)/t18?,19?,22-,23+/m1/s1. The molecule has 0 radical (unpaired) electrons. The summed E-state index contributed by atoms with van der Waals surface area (Å²) in [7, 11) is 0. The van der Waals surface area contributed by atoms with E-state index in [1.165, 1.54) is 29.0 Å². The van der Waals surface area contributed by atoms with E-state index in [-0.39, 0.29) is 45.4 Å². The van der Waals surface area contributed by atoms with Gasteiger partial charge in [0.25, 0.3) is 11.5 Å². The van der Waals surface area contributed by atoms with Crippen molar-refractivity contribution in [1.29, 1.82) is 0 Å². The van der Waals surface area contributed by atoms with Crippen LogP contribution < -0.4 is 10.9 Å². The van der Waals surface area contributed by atoms with Gasteiger partial charge in [-0.2, -0.15) is 0 Å². The highest BCUT2D eigenvalue weighted by molar-refractivity contribution is 6.31. The van der Waals surface area contributed by atoms with Crippen molar-refractivity contribution in [3.63, 3.8) is 0 Å². The highest BCUT2D eigenvalue weighted by Crippen LogP contribution is 2.56. The number of aromatic nitrogens is 3. The van der Waals surface area contributed by atoms with Crippen molar-refractivity contribution >= 4 is 29.1 Å². The monoisotopic (exact) mass is 610 g/mol. The van der Waals surface area contributed by atoms with Gasteiger partial charge in [0.05, 0.1) is 22.4 Å². The summed E-state index contributed by atoms with van der Waals surface area (Å²) < 4.78 is 33.0. The van der Waals surface area contributed by atoms with Crippen molar-refractivity contribution in [1.82, 2.24) is 19.9 Å². The van der Waals surface area contributed by atoms with Gasteiger partial charge in [-0.25, -0.2) is 8.78 Å². The molecule has 0 saturated heterocycles. The van der Waals surface area contributed by atoms with Gasteiger partial charge in [-0.15, -0.1) is 0 Å². The second kappa shape index (κ2) is 10.9. The van der Waals surface area contributed by atoms with Crippen LogP contribution in [-0.4, -0.2) is 37.7 Å². The van der Waals surface area contributed by atoms with Crippen molar-refractivity contribution in [3.8, 4) is 16.9 Å². The van der Waals surface area contributed by atoms with Crippen LogP contribution in [0.4, 0.5) is 8.78 Å². The quantitative estimate of drug-likeness (QED) is 0.278. The van der Waals surface area contributed by atoms with Crippen LogP contribution >= 0.6 is 23.2 Å². The Morgan fingerprint density at radius 3 is 2.52 bits per heavy atom. The second-order valence-electron chi connectivity index (χ2n) is 11.0. The zero-order valence-corrected chi connectivity index (χ0v) is 24.2. The lowest BCUT2D eigenvalue weighted by atomic mass is 9.89. The van der Waals surface area contributed by atoms with Gasteiger partial charge < -0.3 is 10.4 Å². The van der Waals surface area contributed by atoms with Gasteiger partial charge in [-0.3, -0.25) is 24.1 Å². The van der Waals surface area contributed by atoms with Crippen LogP contribution in [0, 0.1) is 25.5 Å². The van der Waals surface area contributed by atoms with E-state index in [4.69, 9.17) is 23.2 Å². The van der Waals surface area contributed by atoms with Crippen molar-refractivity contribution in [3.05, 3.63) is 109 Å². The summed E-state index contributed by atoms with van der Waals surface area (Å²) in [6, 6.07) is 7.42. The van der Waals surface area contributed by atoms with Gasteiger partial charge >= 0.3 is 0 Å². The van der Waals surface area contributed by atoms with E-state index >= 15 is 8.78 Å². The Balaban J connectivity index is 1.37. The fraction of sp³-hybridized carbons (Fsp3) is 0.290. The van der Waals surface area contributed by atoms with E-state index < -0.39 is 29.2 Å². The molecule has 7 nitrogen and oxygen atoms in total. The molecule has 2 atom stereocenters. The normalized spacial score (nSPS) is 21.1. The number of aliphatic hydroxyl groups excluding tert-OH is 1. The molecule has 42 heavy (non-hydrogen) atoms. The number of benzene rings is 1. The van der Waals surface area contributed by atoms with Crippen molar-refractivity contribution < 1.29 is 18.7 Å². The Morgan fingerprint density at radius 2 is 1.81 bits per heavy atom. The second-order valence-corrected chi connectivity index (χ2v) is 11.8. The molecule has 2 aliphatic rings. The van der Waals surface area contributed by atoms with Crippen LogP contribution in [0.25, 0.3) is 16.9 Å². The maximum atomic E-state index is 16.2. The molecule has 11 heteroatoms. The molecule has 0 bridgehead atoms. The maximum absolute atomic E-state index is 16.2. The Kier molecular flexibility index (Phi) is 7.37. The molecule has 2 fully saturated rings. The fourth-order valence-electron chi connectivity index (χ4n) is 5.71. The first-order chi connectivity index (χ1) is 20.0. The topological polar surface area (TPSA) is 97.1 Å². The number of amides is 1. The zero-order valence-electron chi connectivity index (χ0n) is 22.7. The highest BCUT2D eigenvalue weighted by Gasteiger charge is 2.42. The predicted octanol–water partition coefficient (Wildman–Crippen LogP) is 6.02. The van der Waals surface area contributed by atoms with Gasteiger partial charge in [0.2, 0.25) is 0 Å². The van der Waals surface area contributed by atoms with Gasteiger partial charge in [0.1, 0.15) is 16.5 Å². The van der Waals surface area contributed by atoms with E-state index in [0.717, 1.165) is 12.0 Å². The molecule has 6 rings (SSSR count). The van der Waals surface area contributed by atoms with E-state index in [0.29, 0.717) is 34.7 Å². The van der Waals surface area contributed by atoms with Crippen molar-refractivity contribution in [2.45, 2.75) is 57.1 Å². The third-order valence-electron chi connectivity index (χ3n) is 8.05. The summed E-state index contributed by atoms with van der Waals surface area (Å²) >= 11 is 12.7. The average Bonchev–Trinajstić information content (AvgIpc) is 3.73. The van der Waals surface area contributed by atoms with Crippen molar-refractivity contribution in [2.75, 3.05) is 0 Å². The summed E-state index contributed by atoms with van der Waals surface area (Å²) in [5.41, 5.74) is 0.875. The fourth-order valence-corrected chi connectivity index (χ4v) is 6.17. The summed E-state index contributed by atoms with van der Waals surface area (Å²) in [5.74, 6) is -2.43. The number of hydrogen-bond donors (Lipinski definition) is 2. The molecule has 1 aromatic carbocycles. The van der Waals surface area contributed by atoms with Crippen LogP contribution in [0.2, 0.25) is 10.0 Å². The lowest BCUT2D eigenvalue weighted by molar-refractivity contribution is 0.0561. The van der Waals surface area contributed by atoms with Crippen LogP contribution in [0.5, 0.6) is 0 Å². The Bertz CT molecular complexity index is 1810. The molecule has 0 aliphatic heterocycles. The number of pyridine rings is 3. The Morgan fingerprint density at radius 1 is 1.05 bits per heavy atom. The number of rotatable bonds is 6. The highest BCUT2D eigenvalue weighted by atomic mass is 35.5. The first-order valence-electron chi connectivity index (χ1n) is 13.5. The van der Waals surface area contributed by atoms with E-state index in [2.05, 4.69) is 15.3 Å². The minimum absolute atomic E-state index is 0.0102. The number of nitrogens with zero attached hydrogens (tertiary/aromatic N) is 3. The number of aryl methyl sites for hydroxylation is 2. The van der Waals surface area contributed by atoms with Crippen LogP contribution in [-0.2, 0) is 0 Å². The van der Waals surface area contributed by atoms with Gasteiger partial charge in [0.15, 0.2) is 5.82 Å². The maximum Gasteiger partial charge on any atom is 0.274 e. The molecule has 2 saturated carbocycles. The minimum Gasteiger partial charge on any atom is -0.393 e. The Hall–Kier alpha value is -3.66. The molecule has 0 unspecified atom stereocenters. The number of aliphatic hydroxyl groups is 1. The molecule has 2 aliphatic carbocycles. The smallest absolute Gasteiger partial charge is 0.274 e. The molecule has 4 aromatic rings. The molecular formula is C31H26Cl2F2N4O3. The van der Waals surface area contributed by atoms with Crippen molar-refractivity contribution in [2.24, 2.45) is 0 Å². The molecule has 3 heterocycles. The first-order valence-corrected chi connectivity index (χ1v) is 14.3. The average molecular weight is 611 g/mol. The third kappa shape index (κ3) is 4.99. The first kappa shape index (κ1) is 28.5. The van der Waals surface area contributed by atoms with Gasteiger partial charge in [-0.1, -0.05) is 29.3 Å². The summed E-state index contributed by atoms with van der Waals surface area (Å²) in [4.78, 5) is 34.6. The number of halogens is 4. The largest absolute Gasteiger partial charge is 0.393 e. The lowest BCUT2D eigenvalue weighted by Crippen LogP contribution is -2.46. The van der Waals surface area contributed by atoms with Gasteiger partial charge in [-0.05, 0) is 85.9 Å². The van der Waals surface area contributed by atoms with E-state index in [1.54, 1.807) is 32.3 Å². The van der Waals surface area contributed by atoms with Crippen LogP contribution in [0.1, 0.15) is 63.8 Å². The molecular weight excluding hydrogens is 585 g/mol. The molecule has 1 amide bonds. The van der Waals surface area contributed by atoms with E-state index in [9.17, 15) is 14.7 Å². The summed E-state index contributed by atoms with van der Waals surface area (Å²) in [5, 5.41) is 12.7. The number of carbonyl (C=O) groups is 1. The number of nitrogens with one attached hydrogen (secondary N) is 1. The molecule has 3 aromatic heterocycles. The molecule has 2 N–H and O–H groups in total. The summed E-state index contributed by atoms with van der Waals surface area (Å²) in [6.07, 6.45) is 5.70. The SMILES string of the molecule is Cc1cnc(-c2cccc(C(=O)NC3CC(O)C3)c2F)c(F)c1-n1c(C)cc([C@H]2C[C@@H]2c2cncc(Cl)c2)c(Cl)c1=O. The minimum atomic E-state index is -0.941. The summed E-state index contributed by atoms with van der Waals surface area (Å²) in [6.45, 7) is 3.28. The van der Waals surface area contributed by atoms with E-state index in [1.807, 2.05) is 6.07 Å². The third-order valence-corrected chi connectivity index (χ3v) is 8.64. The number of carbonyl (C=O) groups excluding carboxylic acids is 1. The van der Waals surface area contributed by atoms with Crippen LogP contribution in [0.3, 0.4) is 0 Å². The molecule has 216 valence electrons. The van der Waals surface area contributed by atoms with Crippen LogP contribution in [0.15, 0.2) is 53.7 Å². The number of hydrogen-bond acceptors (Lipinski definition) is 5. The molecule has 0 spiro atoms. The lowest BCUT2D eigenvalue weighted by Gasteiger charge is -2.32.